The van der Waals surface area contributed by atoms with Crippen LogP contribution in [0, 0.1) is 0 Å². The third-order valence-electron chi connectivity index (χ3n) is 2.65. The zero-order valence-corrected chi connectivity index (χ0v) is 8.79. The van der Waals surface area contributed by atoms with Crippen LogP contribution in [-0.4, -0.2) is 12.6 Å². The molecule has 0 saturated carbocycles. The van der Waals surface area contributed by atoms with Crippen LogP contribution in [-0.2, 0) is 0 Å². The van der Waals surface area contributed by atoms with Crippen LogP contribution < -0.4 is 10.1 Å². The van der Waals surface area contributed by atoms with Gasteiger partial charge in [-0.2, -0.15) is 0 Å². The average Bonchev–Trinajstić information content (AvgIpc) is 2.51. The molecule has 0 amide bonds. The molecule has 0 bridgehead atoms. The maximum Gasteiger partial charge on any atom is 0.124 e. The number of hydrogen-bond donors (Lipinski definition) is 1. The van der Waals surface area contributed by atoms with E-state index < -0.39 is 0 Å². The van der Waals surface area contributed by atoms with Crippen molar-refractivity contribution in [3.05, 3.63) is 29.8 Å². The summed E-state index contributed by atoms with van der Waals surface area (Å²) in [4.78, 5) is 0. The summed E-state index contributed by atoms with van der Waals surface area (Å²) in [5.41, 5.74) is 1.30. The smallest absolute Gasteiger partial charge is 0.124 e. The van der Waals surface area contributed by atoms with Crippen molar-refractivity contribution in [1.29, 1.82) is 0 Å². The van der Waals surface area contributed by atoms with Gasteiger partial charge in [-0.05, 0) is 26.0 Å². The van der Waals surface area contributed by atoms with Crippen LogP contribution in [0.5, 0.6) is 5.75 Å². The summed E-state index contributed by atoms with van der Waals surface area (Å²) in [6.45, 7) is 5.35. The van der Waals surface area contributed by atoms with Gasteiger partial charge in [-0.3, -0.25) is 0 Å². The molecule has 1 aliphatic heterocycles. The van der Waals surface area contributed by atoms with E-state index in [1.165, 1.54) is 5.56 Å². The van der Waals surface area contributed by atoms with Gasteiger partial charge in [0.05, 0.1) is 6.04 Å². The second kappa shape index (κ2) is 4.01. The zero-order chi connectivity index (χ0) is 9.97. The monoisotopic (exact) mass is 191 g/mol. The summed E-state index contributed by atoms with van der Waals surface area (Å²) >= 11 is 0. The van der Waals surface area contributed by atoms with E-state index in [0.717, 1.165) is 18.7 Å². The molecule has 0 fully saturated rings. The van der Waals surface area contributed by atoms with Crippen molar-refractivity contribution in [2.24, 2.45) is 0 Å². The van der Waals surface area contributed by atoms with Crippen molar-refractivity contribution in [2.45, 2.75) is 32.4 Å². The molecular weight excluding hydrogens is 174 g/mol. The highest BCUT2D eigenvalue weighted by molar-refractivity contribution is 5.40. The van der Waals surface area contributed by atoms with E-state index in [2.05, 4.69) is 31.3 Å². The van der Waals surface area contributed by atoms with Crippen LogP contribution in [0.3, 0.4) is 0 Å². The molecule has 0 aromatic heterocycles. The first-order valence-electron chi connectivity index (χ1n) is 5.32. The number of fused-ring (bicyclic) bond motifs is 1. The molecule has 1 aromatic carbocycles. The Kier molecular flexibility index (Phi) is 2.73. The van der Waals surface area contributed by atoms with E-state index in [1.54, 1.807) is 0 Å². The molecule has 2 unspecified atom stereocenters. The van der Waals surface area contributed by atoms with Gasteiger partial charge in [0.2, 0.25) is 0 Å². The van der Waals surface area contributed by atoms with Gasteiger partial charge in [-0.1, -0.05) is 25.1 Å². The summed E-state index contributed by atoms with van der Waals surface area (Å²) < 4.78 is 5.75. The van der Waals surface area contributed by atoms with Crippen molar-refractivity contribution in [2.75, 3.05) is 6.54 Å². The van der Waals surface area contributed by atoms with Crippen molar-refractivity contribution < 1.29 is 4.74 Å². The zero-order valence-electron chi connectivity index (χ0n) is 8.79. The molecule has 0 aliphatic carbocycles. The third-order valence-corrected chi connectivity index (χ3v) is 2.65. The van der Waals surface area contributed by atoms with Crippen molar-refractivity contribution in [3.8, 4) is 5.75 Å². The van der Waals surface area contributed by atoms with Gasteiger partial charge in [-0.15, -0.1) is 0 Å². The van der Waals surface area contributed by atoms with Crippen LogP contribution in [0.15, 0.2) is 24.3 Å². The highest BCUT2D eigenvalue weighted by atomic mass is 16.5. The van der Waals surface area contributed by atoms with Crippen LogP contribution in [0.2, 0.25) is 0 Å². The Labute approximate surface area is 85.3 Å². The third kappa shape index (κ3) is 1.62. The van der Waals surface area contributed by atoms with E-state index in [0.29, 0.717) is 6.04 Å². The maximum absolute atomic E-state index is 5.75. The Balaban J connectivity index is 2.17. The average molecular weight is 191 g/mol. The lowest BCUT2D eigenvalue weighted by molar-refractivity contribution is 0.210. The lowest BCUT2D eigenvalue weighted by atomic mass is 10.0. The van der Waals surface area contributed by atoms with Gasteiger partial charge in [-0.25, -0.2) is 0 Å². The van der Waals surface area contributed by atoms with Crippen LogP contribution in [0.1, 0.15) is 31.9 Å². The molecule has 1 aliphatic rings. The first kappa shape index (κ1) is 9.53. The first-order chi connectivity index (χ1) is 6.83. The largest absolute Gasteiger partial charge is 0.488 e. The standard InChI is InChI=1S/C12H17NO/c1-3-8-13-12-9(2)14-11-7-5-4-6-10(11)12/h4-7,9,12-13H,3,8H2,1-2H3. The summed E-state index contributed by atoms with van der Waals surface area (Å²) in [5, 5.41) is 3.51. The molecule has 1 aromatic rings. The molecular formula is C12H17NO. The SMILES string of the molecule is CCCNC1c2ccccc2OC1C. The van der Waals surface area contributed by atoms with Crippen molar-refractivity contribution in [3.63, 3.8) is 0 Å². The number of para-hydroxylation sites is 1. The number of ether oxygens (including phenoxy) is 1. The molecule has 14 heavy (non-hydrogen) atoms. The normalized spacial score (nSPS) is 24.4. The minimum atomic E-state index is 0.249. The molecule has 0 radical (unpaired) electrons. The van der Waals surface area contributed by atoms with Crippen LogP contribution in [0.4, 0.5) is 0 Å². The Morgan fingerprint density at radius 2 is 2.14 bits per heavy atom. The van der Waals surface area contributed by atoms with Crippen molar-refractivity contribution >= 4 is 0 Å². The molecule has 76 valence electrons. The van der Waals surface area contributed by atoms with Gasteiger partial charge in [0, 0.05) is 5.56 Å². The Morgan fingerprint density at radius 1 is 1.36 bits per heavy atom. The fourth-order valence-electron chi connectivity index (χ4n) is 1.94. The Hall–Kier alpha value is -1.02. The van der Waals surface area contributed by atoms with E-state index in [9.17, 15) is 0 Å². The predicted molar refractivity (Wildman–Crippen MR) is 57.6 cm³/mol. The van der Waals surface area contributed by atoms with Gasteiger partial charge < -0.3 is 10.1 Å². The summed E-state index contributed by atoms with van der Waals surface area (Å²) in [6, 6.07) is 8.64. The molecule has 2 rings (SSSR count). The number of benzene rings is 1. The first-order valence-corrected chi connectivity index (χ1v) is 5.32. The molecule has 0 saturated heterocycles. The highest BCUT2D eigenvalue weighted by Crippen LogP contribution is 2.35. The second-order valence-electron chi connectivity index (χ2n) is 3.79. The molecule has 2 nitrogen and oxygen atoms in total. The molecule has 2 heteroatoms. The lowest BCUT2D eigenvalue weighted by Gasteiger charge is -2.15. The quantitative estimate of drug-likeness (QED) is 0.792. The fourth-order valence-corrected chi connectivity index (χ4v) is 1.94. The minimum Gasteiger partial charge on any atom is -0.488 e. The number of hydrogen-bond acceptors (Lipinski definition) is 2. The van der Waals surface area contributed by atoms with Gasteiger partial charge >= 0.3 is 0 Å². The fraction of sp³-hybridized carbons (Fsp3) is 0.500. The minimum absolute atomic E-state index is 0.249. The van der Waals surface area contributed by atoms with E-state index in [-0.39, 0.29) is 6.10 Å². The Morgan fingerprint density at radius 3 is 2.93 bits per heavy atom. The van der Waals surface area contributed by atoms with Crippen LogP contribution in [0.25, 0.3) is 0 Å². The maximum atomic E-state index is 5.75. The van der Waals surface area contributed by atoms with E-state index in [4.69, 9.17) is 4.74 Å². The van der Waals surface area contributed by atoms with Crippen molar-refractivity contribution in [1.82, 2.24) is 5.32 Å². The Bertz CT molecular complexity index is 311. The predicted octanol–water partition coefficient (Wildman–Crippen LogP) is 2.51. The van der Waals surface area contributed by atoms with Gasteiger partial charge in [0.25, 0.3) is 0 Å². The summed E-state index contributed by atoms with van der Waals surface area (Å²) in [5.74, 6) is 1.04. The molecule has 1 heterocycles. The van der Waals surface area contributed by atoms with E-state index >= 15 is 0 Å². The lowest BCUT2D eigenvalue weighted by Crippen LogP contribution is -2.29. The number of nitrogens with one attached hydrogen (secondary N) is 1. The van der Waals surface area contributed by atoms with Gasteiger partial charge in [0.15, 0.2) is 0 Å². The second-order valence-corrected chi connectivity index (χ2v) is 3.79. The van der Waals surface area contributed by atoms with E-state index in [1.807, 2.05) is 12.1 Å². The highest BCUT2D eigenvalue weighted by Gasteiger charge is 2.29. The summed E-state index contributed by atoms with van der Waals surface area (Å²) in [6.07, 6.45) is 1.41. The van der Waals surface area contributed by atoms with Gasteiger partial charge in [0.1, 0.15) is 11.9 Å². The topological polar surface area (TPSA) is 21.3 Å². The molecule has 0 spiro atoms. The molecule has 2 atom stereocenters. The summed E-state index contributed by atoms with van der Waals surface area (Å²) in [7, 11) is 0. The molecule has 1 N–H and O–H groups in total. The number of rotatable bonds is 3. The van der Waals surface area contributed by atoms with Crippen LogP contribution >= 0.6 is 0 Å².